The van der Waals surface area contributed by atoms with Crippen LogP contribution >= 0.6 is 11.6 Å². The summed E-state index contributed by atoms with van der Waals surface area (Å²) < 4.78 is 11.3. The van der Waals surface area contributed by atoms with Gasteiger partial charge in [0.05, 0.1) is 43.5 Å². The molecule has 0 spiro atoms. The van der Waals surface area contributed by atoms with E-state index in [0.717, 1.165) is 16.9 Å². The zero-order chi connectivity index (χ0) is 26.7. The number of benzene rings is 2. The van der Waals surface area contributed by atoms with Crippen LogP contribution in [0.2, 0.25) is 5.02 Å². The fourth-order valence-corrected chi connectivity index (χ4v) is 4.47. The van der Waals surface area contributed by atoms with Gasteiger partial charge in [-0.3, -0.25) is 4.79 Å². The van der Waals surface area contributed by atoms with Crippen LogP contribution in [-0.2, 0) is 11.2 Å². The molecule has 2 aromatic carbocycles. The molecule has 1 aromatic heterocycles. The number of carbonyl (C=O) groups excluding carboxylic acids is 1. The molecule has 0 saturated carbocycles. The number of aromatic nitrogens is 2. The van der Waals surface area contributed by atoms with Crippen molar-refractivity contribution >= 4 is 52.0 Å². The predicted octanol–water partition coefficient (Wildman–Crippen LogP) is 4.33. The maximum atomic E-state index is 12.7. The van der Waals surface area contributed by atoms with Gasteiger partial charge in [0.1, 0.15) is 16.5 Å². The molecule has 4 N–H and O–H groups in total. The zero-order valence-electron chi connectivity index (χ0n) is 21.6. The van der Waals surface area contributed by atoms with Crippen LogP contribution in [0.1, 0.15) is 18.9 Å². The molecule has 37 heavy (non-hydrogen) atoms. The van der Waals surface area contributed by atoms with Gasteiger partial charge < -0.3 is 35.6 Å². The van der Waals surface area contributed by atoms with Crippen LogP contribution in [0, 0.1) is 0 Å². The lowest BCUT2D eigenvalue weighted by atomic mass is 10.0. The van der Waals surface area contributed by atoms with Crippen molar-refractivity contribution in [1.29, 1.82) is 0 Å². The van der Waals surface area contributed by atoms with Gasteiger partial charge in [-0.05, 0) is 44.0 Å². The highest BCUT2D eigenvalue weighted by molar-refractivity contribution is 6.33. The van der Waals surface area contributed by atoms with Crippen LogP contribution in [0.25, 0.3) is 0 Å². The number of nitrogens with two attached hydrogens (primary N) is 1. The highest BCUT2D eigenvalue weighted by Crippen LogP contribution is 2.40. The summed E-state index contributed by atoms with van der Waals surface area (Å²) in [4.78, 5) is 25.3. The second kappa shape index (κ2) is 11.1. The van der Waals surface area contributed by atoms with Gasteiger partial charge in [-0.15, -0.1) is 0 Å². The number of hydrogen-bond acceptors (Lipinski definition) is 9. The third-order valence-corrected chi connectivity index (χ3v) is 6.56. The summed E-state index contributed by atoms with van der Waals surface area (Å²) in [6.45, 7) is 2.45. The van der Waals surface area contributed by atoms with Gasteiger partial charge in [0.25, 0.3) is 0 Å². The van der Waals surface area contributed by atoms with Crippen LogP contribution in [0.15, 0.2) is 36.5 Å². The zero-order valence-corrected chi connectivity index (χ0v) is 22.4. The minimum absolute atomic E-state index is 0.0881. The molecule has 1 amide bonds. The number of amides is 1. The lowest BCUT2D eigenvalue weighted by Crippen LogP contribution is -2.42. The normalized spacial score (nSPS) is 15.1. The first-order chi connectivity index (χ1) is 17.8. The smallest absolute Gasteiger partial charge is 0.243 e. The Bertz CT molecular complexity index is 1300. The van der Waals surface area contributed by atoms with Crippen molar-refractivity contribution in [3.63, 3.8) is 0 Å². The van der Waals surface area contributed by atoms with E-state index in [4.69, 9.17) is 26.8 Å². The number of nitrogens with zero attached hydrogens (tertiary/aromatic N) is 4. The average molecular weight is 526 g/mol. The Hall–Kier alpha value is -3.76. The topological polar surface area (TPSA) is 118 Å². The van der Waals surface area contributed by atoms with Crippen LogP contribution in [0.5, 0.6) is 11.5 Å². The van der Waals surface area contributed by atoms with Gasteiger partial charge in [-0.25, -0.2) is 4.98 Å². The van der Waals surface area contributed by atoms with Crippen molar-refractivity contribution < 1.29 is 14.3 Å². The number of rotatable bonds is 8. The van der Waals surface area contributed by atoms with E-state index in [1.54, 1.807) is 19.1 Å². The van der Waals surface area contributed by atoms with E-state index in [2.05, 4.69) is 20.6 Å². The number of halogens is 1. The van der Waals surface area contributed by atoms with E-state index in [9.17, 15) is 4.79 Å². The first-order valence-electron chi connectivity index (χ1n) is 12.0. The Labute approximate surface area is 221 Å². The largest absolute Gasteiger partial charge is 0.494 e. The fraction of sp³-hybridized carbons (Fsp3) is 0.346. The molecule has 196 valence electrons. The molecule has 0 aliphatic carbocycles. The number of ether oxygens (including phenoxy) is 2. The maximum Gasteiger partial charge on any atom is 0.243 e. The number of nitrogens with one attached hydrogen (secondary N) is 2. The Morgan fingerprint density at radius 2 is 1.92 bits per heavy atom. The van der Waals surface area contributed by atoms with Crippen molar-refractivity contribution in [2.24, 2.45) is 5.73 Å². The number of hydrogen-bond donors (Lipinski definition) is 3. The Morgan fingerprint density at radius 1 is 1.16 bits per heavy atom. The highest BCUT2D eigenvalue weighted by Gasteiger charge is 2.29. The quantitative estimate of drug-likeness (QED) is 0.395. The monoisotopic (exact) mass is 525 g/mol. The molecule has 10 nitrogen and oxygen atoms in total. The molecule has 4 rings (SSSR count). The van der Waals surface area contributed by atoms with E-state index in [1.807, 2.05) is 56.3 Å². The molecule has 0 bridgehead atoms. The van der Waals surface area contributed by atoms with E-state index >= 15 is 0 Å². The molecule has 2 heterocycles. The third-order valence-electron chi connectivity index (χ3n) is 6.28. The Balaban J connectivity index is 1.66. The molecule has 1 aliphatic heterocycles. The maximum absolute atomic E-state index is 12.7. The van der Waals surface area contributed by atoms with Gasteiger partial charge in [-0.1, -0.05) is 11.6 Å². The minimum Gasteiger partial charge on any atom is -0.494 e. The molecule has 0 radical (unpaired) electrons. The van der Waals surface area contributed by atoms with E-state index < -0.39 is 6.04 Å². The summed E-state index contributed by atoms with van der Waals surface area (Å²) in [7, 11) is 7.13. The molecule has 1 unspecified atom stereocenters. The SMILES string of the molecule is CCN1C(=O)C(N)CCc2c1ccc(Nc1ncc(Cl)c(Nc3ccc(N(C)C)cc3OC)n1)c2OC. The average Bonchev–Trinajstić information content (AvgIpc) is 3.01. The summed E-state index contributed by atoms with van der Waals surface area (Å²) in [5, 5.41) is 6.83. The molecule has 0 fully saturated rings. The molecule has 3 aromatic rings. The van der Waals surface area contributed by atoms with Gasteiger partial charge in [-0.2, -0.15) is 4.98 Å². The van der Waals surface area contributed by atoms with Crippen molar-refractivity contribution in [3.05, 3.63) is 47.1 Å². The van der Waals surface area contributed by atoms with Crippen LogP contribution in [0.3, 0.4) is 0 Å². The number of likely N-dealkylation sites (N-methyl/N-ethyl adjacent to an activating group) is 1. The summed E-state index contributed by atoms with van der Waals surface area (Å²) in [5.74, 6) is 1.91. The van der Waals surface area contributed by atoms with Crippen molar-refractivity contribution in [2.75, 3.05) is 55.3 Å². The number of carbonyl (C=O) groups is 1. The van der Waals surface area contributed by atoms with Crippen molar-refractivity contribution in [2.45, 2.75) is 25.8 Å². The van der Waals surface area contributed by atoms with Crippen molar-refractivity contribution in [1.82, 2.24) is 9.97 Å². The lowest BCUT2D eigenvalue weighted by molar-refractivity contribution is -0.119. The lowest BCUT2D eigenvalue weighted by Gasteiger charge is -2.24. The van der Waals surface area contributed by atoms with Crippen LogP contribution in [0.4, 0.5) is 34.5 Å². The second-order valence-corrected chi connectivity index (χ2v) is 9.20. The summed E-state index contributed by atoms with van der Waals surface area (Å²) >= 11 is 6.42. The Morgan fingerprint density at radius 3 is 2.59 bits per heavy atom. The van der Waals surface area contributed by atoms with E-state index in [1.165, 1.54) is 6.20 Å². The highest BCUT2D eigenvalue weighted by atomic mass is 35.5. The standard InChI is InChI=1S/C26H32ClN7O3/c1-6-34-21-12-11-20(23(37-5)16(21)8-9-18(28)25(34)35)31-26-29-14-17(27)24(32-26)30-19-10-7-15(33(2)3)13-22(19)36-4/h7,10-14,18H,6,8-9,28H2,1-5H3,(H2,29,30,31,32). The minimum atomic E-state index is -0.550. The first-order valence-corrected chi connectivity index (χ1v) is 12.3. The summed E-state index contributed by atoms with van der Waals surface area (Å²) in [6.07, 6.45) is 2.66. The second-order valence-electron chi connectivity index (χ2n) is 8.79. The molecule has 1 aliphatic rings. The third kappa shape index (κ3) is 5.35. The summed E-state index contributed by atoms with van der Waals surface area (Å²) in [5.41, 5.74) is 10.2. The number of anilines is 6. The van der Waals surface area contributed by atoms with Gasteiger partial charge >= 0.3 is 0 Å². The summed E-state index contributed by atoms with van der Waals surface area (Å²) in [6, 6.07) is 8.99. The van der Waals surface area contributed by atoms with E-state index in [0.29, 0.717) is 59.0 Å². The number of methoxy groups -OCH3 is 2. The Kier molecular flexibility index (Phi) is 7.89. The molecule has 0 saturated heterocycles. The van der Waals surface area contributed by atoms with E-state index in [-0.39, 0.29) is 5.91 Å². The van der Waals surface area contributed by atoms with Gasteiger partial charge in [0, 0.05) is 38.0 Å². The molecule has 1 atom stereocenters. The number of fused-ring (bicyclic) bond motifs is 1. The van der Waals surface area contributed by atoms with Gasteiger partial charge in [0.15, 0.2) is 5.82 Å². The molecular weight excluding hydrogens is 494 g/mol. The molecule has 11 heteroatoms. The van der Waals surface area contributed by atoms with Gasteiger partial charge in [0.2, 0.25) is 11.9 Å². The first kappa shape index (κ1) is 26.3. The van der Waals surface area contributed by atoms with Crippen LogP contribution in [-0.4, -0.2) is 56.8 Å². The molecular formula is C26H32ClN7O3. The van der Waals surface area contributed by atoms with Crippen LogP contribution < -0.4 is 35.6 Å². The predicted molar refractivity (Wildman–Crippen MR) is 148 cm³/mol. The van der Waals surface area contributed by atoms with Crippen molar-refractivity contribution in [3.8, 4) is 11.5 Å². The fourth-order valence-electron chi connectivity index (χ4n) is 4.34.